The number of nitrogens with zero attached hydrogens (tertiary/aromatic N) is 2. The van der Waals surface area contributed by atoms with Crippen LogP contribution in [0.3, 0.4) is 0 Å². The third-order valence-corrected chi connectivity index (χ3v) is 0.822. The number of oxazole rings is 1. The van der Waals surface area contributed by atoms with E-state index in [9.17, 15) is 0 Å². The molecule has 0 unspecified atom stereocenters. The fourth-order valence-corrected chi connectivity index (χ4v) is 0.489. The molecule has 1 N–H and O–H groups in total. The highest BCUT2D eigenvalue weighted by Gasteiger charge is 2.06. The van der Waals surface area contributed by atoms with E-state index in [1.807, 2.05) is 0 Å². The fraction of sp³-hybridized carbons (Fsp3) is 0.200. The van der Waals surface area contributed by atoms with Crippen LogP contribution in [-0.2, 0) is 0 Å². The predicted octanol–water partition coefficient (Wildman–Crippen LogP) is 0.560. The SMILES string of the molecule is Cc1nc(C#N)c(O)o1. The van der Waals surface area contributed by atoms with Crippen molar-refractivity contribution in [2.24, 2.45) is 0 Å². The molecule has 9 heavy (non-hydrogen) atoms. The minimum atomic E-state index is -0.407. The summed E-state index contributed by atoms with van der Waals surface area (Å²) in [5.41, 5.74) is -0.0625. The summed E-state index contributed by atoms with van der Waals surface area (Å²) in [5, 5.41) is 16.9. The number of hydrogen-bond donors (Lipinski definition) is 1. The van der Waals surface area contributed by atoms with Crippen molar-refractivity contribution in [1.29, 1.82) is 5.26 Å². The Balaban J connectivity index is 3.20. The average Bonchev–Trinajstić information content (AvgIpc) is 2.10. The summed E-state index contributed by atoms with van der Waals surface area (Å²) in [6, 6.07) is 1.66. The molecule has 0 bridgehead atoms. The van der Waals surface area contributed by atoms with E-state index in [0.29, 0.717) is 5.89 Å². The van der Waals surface area contributed by atoms with Crippen molar-refractivity contribution >= 4 is 0 Å². The van der Waals surface area contributed by atoms with Crippen molar-refractivity contribution in [2.75, 3.05) is 0 Å². The molecule has 0 saturated carbocycles. The van der Waals surface area contributed by atoms with E-state index in [0.717, 1.165) is 0 Å². The molecule has 0 amide bonds. The quantitative estimate of drug-likeness (QED) is 0.548. The molecule has 1 aromatic heterocycles. The van der Waals surface area contributed by atoms with Gasteiger partial charge in [0.2, 0.25) is 5.69 Å². The van der Waals surface area contributed by atoms with E-state index in [2.05, 4.69) is 9.40 Å². The van der Waals surface area contributed by atoms with Crippen LogP contribution in [0.15, 0.2) is 4.42 Å². The Morgan fingerprint density at radius 3 is 2.67 bits per heavy atom. The Hall–Kier alpha value is -1.50. The van der Waals surface area contributed by atoms with Crippen LogP contribution in [0, 0.1) is 18.3 Å². The lowest BCUT2D eigenvalue weighted by Gasteiger charge is -1.74. The summed E-state index contributed by atoms with van der Waals surface area (Å²) in [5.74, 6) is -0.112. The predicted molar refractivity (Wildman–Crippen MR) is 27.6 cm³/mol. The molecular weight excluding hydrogens is 120 g/mol. The first kappa shape index (κ1) is 5.63. The molecule has 1 aromatic rings. The van der Waals surface area contributed by atoms with Gasteiger partial charge in [-0.25, -0.2) is 0 Å². The van der Waals surface area contributed by atoms with Gasteiger partial charge in [0.1, 0.15) is 6.07 Å². The van der Waals surface area contributed by atoms with Gasteiger partial charge in [-0.05, 0) is 0 Å². The number of aromatic hydroxyl groups is 1. The standard InChI is InChI=1S/C5H4N2O2/c1-3-7-4(2-6)5(8)9-3/h8H,1H3. The number of aromatic nitrogens is 1. The number of aryl methyl sites for hydroxylation is 1. The lowest BCUT2D eigenvalue weighted by atomic mass is 10.5. The first-order chi connectivity index (χ1) is 4.24. The molecule has 1 heterocycles. The highest BCUT2D eigenvalue weighted by atomic mass is 16.5. The van der Waals surface area contributed by atoms with Gasteiger partial charge in [-0.15, -0.1) is 0 Å². The zero-order valence-corrected chi connectivity index (χ0v) is 4.75. The summed E-state index contributed by atoms with van der Waals surface area (Å²) in [4.78, 5) is 3.55. The lowest BCUT2D eigenvalue weighted by Crippen LogP contribution is -1.71. The molecule has 0 aliphatic heterocycles. The third kappa shape index (κ3) is 0.842. The van der Waals surface area contributed by atoms with Crippen molar-refractivity contribution in [3.8, 4) is 12.0 Å². The van der Waals surface area contributed by atoms with Gasteiger partial charge in [0.25, 0.3) is 0 Å². The monoisotopic (exact) mass is 124 g/mol. The van der Waals surface area contributed by atoms with Gasteiger partial charge >= 0.3 is 5.95 Å². The van der Waals surface area contributed by atoms with E-state index in [1.54, 1.807) is 13.0 Å². The summed E-state index contributed by atoms with van der Waals surface area (Å²) in [7, 11) is 0. The molecule has 4 heteroatoms. The number of nitriles is 1. The van der Waals surface area contributed by atoms with Gasteiger partial charge in [0, 0.05) is 6.92 Å². The van der Waals surface area contributed by atoms with Crippen LogP contribution in [0.4, 0.5) is 0 Å². The Morgan fingerprint density at radius 1 is 1.78 bits per heavy atom. The lowest BCUT2D eigenvalue weighted by molar-refractivity contribution is 0.322. The topological polar surface area (TPSA) is 70.0 Å². The minimum absolute atomic E-state index is 0.0625. The molecule has 0 atom stereocenters. The maximum Gasteiger partial charge on any atom is 0.321 e. The van der Waals surface area contributed by atoms with Gasteiger partial charge < -0.3 is 9.52 Å². The van der Waals surface area contributed by atoms with E-state index < -0.39 is 5.95 Å². The number of hydrogen-bond acceptors (Lipinski definition) is 4. The van der Waals surface area contributed by atoms with Crippen LogP contribution in [0.5, 0.6) is 5.95 Å². The molecule has 0 spiro atoms. The fourth-order valence-electron chi connectivity index (χ4n) is 0.489. The van der Waals surface area contributed by atoms with E-state index in [4.69, 9.17) is 10.4 Å². The zero-order valence-electron chi connectivity index (χ0n) is 4.75. The molecule has 0 aliphatic carbocycles. The molecule has 1 rings (SSSR count). The molecule has 46 valence electrons. The number of rotatable bonds is 0. The van der Waals surface area contributed by atoms with Gasteiger partial charge in [-0.1, -0.05) is 0 Å². The first-order valence-corrected chi connectivity index (χ1v) is 2.30. The summed E-state index contributed by atoms with van der Waals surface area (Å²) in [6.07, 6.45) is 0. The average molecular weight is 124 g/mol. The second kappa shape index (κ2) is 1.78. The van der Waals surface area contributed by atoms with Crippen LogP contribution in [0.2, 0.25) is 0 Å². The van der Waals surface area contributed by atoms with Crippen LogP contribution in [0.1, 0.15) is 11.6 Å². The second-order valence-electron chi connectivity index (χ2n) is 1.50. The largest absolute Gasteiger partial charge is 0.479 e. The first-order valence-electron chi connectivity index (χ1n) is 2.30. The maximum atomic E-state index is 8.68. The van der Waals surface area contributed by atoms with Crippen molar-refractivity contribution < 1.29 is 9.52 Å². The van der Waals surface area contributed by atoms with Crippen molar-refractivity contribution in [2.45, 2.75) is 6.92 Å². The molecule has 0 saturated heterocycles. The highest BCUT2D eigenvalue weighted by molar-refractivity contribution is 5.27. The van der Waals surface area contributed by atoms with Crippen LogP contribution < -0.4 is 0 Å². The summed E-state index contributed by atoms with van der Waals surface area (Å²) in [6.45, 7) is 1.56. The van der Waals surface area contributed by atoms with Gasteiger partial charge in [0.15, 0.2) is 5.89 Å². The van der Waals surface area contributed by atoms with E-state index >= 15 is 0 Å². The van der Waals surface area contributed by atoms with Crippen molar-refractivity contribution in [1.82, 2.24) is 4.98 Å². The minimum Gasteiger partial charge on any atom is -0.479 e. The van der Waals surface area contributed by atoms with Gasteiger partial charge in [-0.3, -0.25) is 0 Å². The smallest absolute Gasteiger partial charge is 0.321 e. The molecule has 0 radical (unpaired) electrons. The molecule has 0 fully saturated rings. The Bertz CT molecular complexity index is 258. The molecule has 0 aliphatic rings. The van der Waals surface area contributed by atoms with Crippen LogP contribution in [0.25, 0.3) is 0 Å². The highest BCUT2D eigenvalue weighted by Crippen LogP contribution is 2.15. The molecule has 4 nitrogen and oxygen atoms in total. The Morgan fingerprint density at radius 2 is 2.44 bits per heavy atom. The van der Waals surface area contributed by atoms with E-state index in [1.165, 1.54) is 0 Å². The van der Waals surface area contributed by atoms with Crippen molar-refractivity contribution in [3.63, 3.8) is 0 Å². The van der Waals surface area contributed by atoms with Crippen LogP contribution >= 0.6 is 0 Å². The van der Waals surface area contributed by atoms with Gasteiger partial charge in [0.05, 0.1) is 0 Å². The summed E-state index contributed by atoms with van der Waals surface area (Å²) < 4.78 is 4.53. The summed E-state index contributed by atoms with van der Waals surface area (Å²) >= 11 is 0. The van der Waals surface area contributed by atoms with Crippen molar-refractivity contribution in [3.05, 3.63) is 11.6 Å². The molecule has 0 aromatic carbocycles. The zero-order chi connectivity index (χ0) is 6.85. The van der Waals surface area contributed by atoms with Crippen LogP contribution in [-0.4, -0.2) is 10.1 Å². The third-order valence-electron chi connectivity index (χ3n) is 0.822. The van der Waals surface area contributed by atoms with Gasteiger partial charge in [-0.2, -0.15) is 10.2 Å². The van der Waals surface area contributed by atoms with E-state index in [-0.39, 0.29) is 5.69 Å². The normalized spacial score (nSPS) is 8.89. The molecular formula is C5H4N2O2. The Kier molecular flexibility index (Phi) is 1.12. The second-order valence-corrected chi connectivity index (χ2v) is 1.50. The maximum absolute atomic E-state index is 8.68. The Labute approximate surface area is 51.4 Å².